The Kier molecular flexibility index (Phi) is 5.12. The number of aryl methyl sites for hydroxylation is 1. The van der Waals surface area contributed by atoms with Gasteiger partial charge >= 0.3 is 5.97 Å². The maximum Gasteiger partial charge on any atom is 0.342 e. The van der Waals surface area contributed by atoms with Gasteiger partial charge in [-0.1, -0.05) is 13.3 Å². The Labute approximate surface area is 111 Å². The van der Waals surface area contributed by atoms with E-state index in [-0.39, 0.29) is 28.7 Å². The zero-order valence-corrected chi connectivity index (χ0v) is 11.2. The van der Waals surface area contributed by atoms with E-state index in [0.717, 1.165) is 12.8 Å². The van der Waals surface area contributed by atoms with Crippen molar-refractivity contribution >= 4 is 17.8 Å². The highest BCUT2D eigenvalue weighted by Crippen LogP contribution is 2.27. The molecule has 6 heteroatoms. The minimum Gasteiger partial charge on any atom is -0.465 e. The van der Waals surface area contributed by atoms with Crippen molar-refractivity contribution in [3.63, 3.8) is 0 Å². The molecule has 0 saturated heterocycles. The average molecular weight is 264 g/mol. The molecule has 0 aliphatic carbocycles. The van der Waals surface area contributed by atoms with E-state index in [9.17, 15) is 9.59 Å². The van der Waals surface area contributed by atoms with Gasteiger partial charge in [0.15, 0.2) is 0 Å². The minimum absolute atomic E-state index is 0.00139. The summed E-state index contributed by atoms with van der Waals surface area (Å²) < 4.78 is 9.84. The molecule has 1 N–H and O–H groups in total. The summed E-state index contributed by atoms with van der Waals surface area (Å²) in [6, 6.07) is 1.85. The zero-order chi connectivity index (χ0) is 14.4. The Hall–Kier alpha value is -2.29. The van der Waals surface area contributed by atoms with Crippen LogP contribution in [0.15, 0.2) is 4.42 Å². The van der Waals surface area contributed by atoms with Crippen LogP contribution in [0.4, 0.5) is 5.88 Å². The van der Waals surface area contributed by atoms with Crippen LogP contribution < -0.4 is 5.32 Å². The van der Waals surface area contributed by atoms with Crippen LogP contribution in [0.3, 0.4) is 0 Å². The van der Waals surface area contributed by atoms with Gasteiger partial charge in [-0.25, -0.2) is 4.79 Å². The van der Waals surface area contributed by atoms with Crippen molar-refractivity contribution in [2.45, 2.75) is 33.1 Å². The van der Waals surface area contributed by atoms with E-state index in [4.69, 9.17) is 9.68 Å². The van der Waals surface area contributed by atoms with E-state index in [0.29, 0.717) is 6.42 Å². The predicted molar refractivity (Wildman–Crippen MR) is 67.7 cm³/mol. The Morgan fingerprint density at radius 2 is 2.16 bits per heavy atom. The fourth-order valence-electron chi connectivity index (χ4n) is 1.61. The van der Waals surface area contributed by atoms with Crippen LogP contribution in [-0.2, 0) is 9.53 Å². The van der Waals surface area contributed by atoms with Gasteiger partial charge in [-0.3, -0.25) is 10.1 Å². The number of hydrogen-bond acceptors (Lipinski definition) is 5. The van der Waals surface area contributed by atoms with E-state index in [2.05, 4.69) is 10.1 Å². The topological polar surface area (TPSA) is 92.3 Å². The molecule has 0 unspecified atom stereocenters. The molecule has 0 atom stereocenters. The van der Waals surface area contributed by atoms with Gasteiger partial charge < -0.3 is 9.15 Å². The van der Waals surface area contributed by atoms with Gasteiger partial charge in [0.05, 0.1) is 7.11 Å². The molecule has 0 spiro atoms. The van der Waals surface area contributed by atoms with Gasteiger partial charge in [0.1, 0.15) is 23.0 Å². The zero-order valence-electron chi connectivity index (χ0n) is 11.2. The lowest BCUT2D eigenvalue weighted by atomic mass is 10.1. The molecule has 0 aromatic carbocycles. The molecule has 0 aliphatic rings. The summed E-state index contributed by atoms with van der Waals surface area (Å²) in [7, 11) is 1.22. The van der Waals surface area contributed by atoms with Crippen molar-refractivity contribution in [3.05, 3.63) is 16.9 Å². The highest BCUT2D eigenvalue weighted by atomic mass is 16.5. The standard InChI is InChI=1S/C13H16N2O4/c1-4-5-6-10(16)15-12-9(7-14)11(8(2)19-12)13(17)18-3/h4-6H2,1-3H3,(H,15,16). The largest absolute Gasteiger partial charge is 0.465 e. The second kappa shape index (κ2) is 6.59. The Bertz CT molecular complexity index is 525. The first-order chi connectivity index (χ1) is 9.04. The van der Waals surface area contributed by atoms with Gasteiger partial charge in [0, 0.05) is 6.42 Å². The molecule has 102 valence electrons. The molecular formula is C13H16N2O4. The van der Waals surface area contributed by atoms with Crippen LogP contribution in [-0.4, -0.2) is 19.0 Å². The second-order valence-electron chi connectivity index (χ2n) is 3.99. The maximum absolute atomic E-state index is 11.6. The number of esters is 1. The summed E-state index contributed by atoms with van der Waals surface area (Å²) in [5, 5.41) is 11.6. The van der Waals surface area contributed by atoms with Gasteiger partial charge in [0.25, 0.3) is 0 Å². The first kappa shape index (κ1) is 14.8. The number of nitriles is 1. The molecule has 19 heavy (non-hydrogen) atoms. The quantitative estimate of drug-likeness (QED) is 0.824. The predicted octanol–water partition coefficient (Wildman–Crippen LogP) is 2.38. The van der Waals surface area contributed by atoms with Crippen LogP contribution in [0.25, 0.3) is 0 Å². The van der Waals surface area contributed by atoms with Crippen molar-refractivity contribution in [1.82, 2.24) is 0 Å². The summed E-state index contributed by atoms with van der Waals surface area (Å²) in [4.78, 5) is 23.1. The number of hydrogen-bond donors (Lipinski definition) is 1. The lowest BCUT2D eigenvalue weighted by Gasteiger charge is -2.01. The fraction of sp³-hybridized carbons (Fsp3) is 0.462. The number of carbonyl (C=O) groups excluding carboxylic acids is 2. The Balaban J connectivity index is 3.00. The summed E-state index contributed by atoms with van der Waals surface area (Å²) in [6.07, 6.45) is 1.98. The molecular weight excluding hydrogens is 248 g/mol. The number of nitrogens with zero attached hydrogens (tertiary/aromatic N) is 1. The summed E-state index contributed by atoms with van der Waals surface area (Å²) in [5.41, 5.74) is 0.0463. The molecule has 0 aliphatic heterocycles. The SMILES string of the molecule is CCCCC(=O)Nc1oc(C)c(C(=O)OC)c1C#N. The van der Waals surface area contributed by atoms with Crippen LogP contribution in [0, 0.1) is 18.3 Å². The van der Waals surface area contributed by atoms with Crippen molar-refractivity contribution in [1.29, 1.82) is 5.26 Å². The number of carbonyl (C=O) groups is 2. The number of anilines is 1. The highest BCUT2D eigenvalue weighted by molar-refractivity contribution is 5.98. The van der Waals surface area contributed by atoms with E-state index >= 15 is 0 Å². The van der Waals surface area contributed by atoms with Crippen molar-refractivity contribution < 1.29 is 18.7 Å². The van der Waals surface area contributed by atoms with E-state index in [1.54, 1.807) is 0 Å². The first-order valence-corrected chi connectivity index (χ1v) is 5.96. The van der Waals surface area contributed by atoms with Gasteiger partial charge in [0.2, 0.25) is 11.8 Å². The first-order valence-electron chi connectivity index (χ1n) is 5.96. The van der Waals surface area contributed by atoms with Crippen LogP contribution >= 0.6 is 0 Å². The normalized spacial score (nSPS) is 9.79. The molecule has 0 radical (unpaired) electrons. The molecule has 1 aromatic heterocycles. The molecule has 0 saturated carbocycles. The lowest BCUT2D eigenvalue weighted by molar-refractivity contribution is -0.116. The number of unbranched alkanes of at least 4 members (excludes halogenated alkanes) is 1. The molecule has 0 fully saturated rings. The number of methoxy groups -OCH3 is 1. The third kappa shape index (κ3) is 3.35. The van der Waals surface area contributed by atoms with Crippen molar-refractivity contribution in [3.8, 4) is 6.07 Å². The summed E-state index contributed by atoms with van der Waals surface area (Å²) in [5.74, 6) is -0.661. The highest BCUT2D eigenvalue weighted by Gasteiger charge is 2.25. The number of ether oxygens (including phenoxy) is 1. The van der Waals surface area contributed by atoms with Crippen molar-refractivity contribution in [2.24, 2.45) is 0 Å². The fourth-order valence-corrected chi connectivity index (χ4v) is 1.61. The van der Waals surface area contributed by atoms with Gasteiger partial charge in [-0.15, -0.1) is 0 Å². The average Bonchev–Trinajstić information content (AvgIpc) is 2.71. The second-order valence-corrected chi connectivity index (χ2v) is 3.99. The minimum atomic E-state index is -0.660. The molecule has 1 aromatic rings. The number of amides is 1. The summed E-state index contributed by atoms with van der Waals surface area (Å²) >= 11 is 0. The van der Waals surface area contributed by atoms with E-state index in [1.165, 1.54) is 14.0 Å². The monoisotopic (exact) mass is 264 g/mol. The number of nitrogens with one attached hydrogen (secondary N) is 1. The third-order valence-corrected chi connectivity index (χ3v) is 2.60. The molecule has 0 bridgehead atoms. The van der Waals surface area contributed by atoms with Gasteiger partial charge in [-0.05, 0) is 13.3 Å². The number of furan rings is 1. The lowest BCUT2D eigenvalue weighted by Crippen LogP contribution is -2.11. The smallest absolute Gasteiger partial charge is 0.342 e. The molecule has 6 nitrogen and oxygen atoms in total. The van der Waals surface area contributed by atoms with Crippen LogP contribution in [0.1, 0.15) is 47.9 Å². The summed E-state index contributed by atoms with van der Waals surface area (Å²) in [6.45, 7) is 3.51. The Morgan fingerprint density at radius 1 is 1.47 bits per heavy atom. The van der Waals surface area contributed by atoms with E-state index < -0.39 is 5.97 Å². The molecule has 1 heterocycles. The molecule has 1 rings (SSSR count). The van der Waals surface area contributed by atoms with Gasteiger partial charge in [-0.2, -0.15) is 5.26 Å². The van der Waals surface area contributed by atoms with Crippen LogP contribution in [0.2, 0.25) is 0 Å². The van der Waals surface area contributed by atoms with Crippen molar-refractivity contribution in [2.75, 3.05) is 12.4 Å². The maximum atomic E-state index is 11.6. The molecule has 1 amide bonds. The van der Waals surface area contributed by atoms with E-state index in [1.807, 2.05) is 13.0 Å². The third-order valence-electron chi connectivity index (χ3n) is 2.60. The van der Waals surface area contributed by atoms with Crippen LogP contribution in [0.5, 0.6) is 0 Å². The number of rotatable bonds is 5. The Morgan fingerprint density at radius 3 is 2.68 bits per heavy atom.